The van der Waals surface area contributed by atoms with Crippen LogP contribution in [-0.2, 0) is 4.74 Å². The maximum atomic E-state index is 14.3. The van der Waals surface area contributed by atoms with Gasteiger partial charge >= 0.3 is 0 Å². The van der Waals surface area contributed by atoms with Gasteiger partial charge in [0.25, 0.3) is 0 Å². The molecule has 1 aromatic carbocycles. The van der Waals surface area contributed by atoms with Gasteiger partial charge in [-0.05, 0) is 31.0 Å². The lowest BCUT2D eigenvalue weighted by molar-refractivity contribution is 0.117. The van der Waals surface area contributed by atoms with Crippen LogP contribution in [0.25, 0.3) is 11.3 Å². The van der Waals surface area contributed by atoms with Gasteiger partial charge in [-0.15, -0.1) is 11.3 Å². The molecule has 0 radical (unpaired) electrons. The van der Waals surface area contributed by atoms with E-state index in [1.807, 2.05) is 23.6 Å². The molecule has 4 rings (SSSR count). The van der Waals surface area contributed by atoms with Crippen molar-refractivity contribution in [1.82, 2.24) is 9.66 Å². The van der Waals surface area contributed by atoms with Gasteiger partial charge < -0.3 is 4.74 Å². The van der Waals surface area contributed by atoms with Crippen molar-refractivity contribution in [3.63, 3.8) is 0 Å². The number of ether oxygens (including phenoxy) is 1. The van der Waals surface area contributed by atoms with Crippen LogP contribution in [0.4, 0.5) is 4.39 Å². The third-order valence-corrected chi connectivity index (χ3v) is 5.15. The molecular weight excluding hydrogens is 363 g/mol. The molecule has 2 aromatic heterocycles. The van der Waals surface area contributed by atoms with Crippen molar-refractivity contribution in [2.45, 2.75) is 18.9 Å². The lowest BCUT2D eigenvalue weighted by Gasteiger charge is -2.06. The SMILES string of the molecule is Fc1ccccc1-c1csc(=NCC2CCCO2)n1/N=C/c1cccnc1. The van der Waals surface area contributed by atoms with E-state index in [0.717, 1.165) is 25.0 Å². The van der Waals surface area contributed by atoms with E-state index in [-0.39, 0.29) is 11.9 Å². The molecule has 1 unspecified atom stereocenters. The summed E-state index contributed by atoms with van der Waals surface area (Å²) in [5.74, 6) is -0.286. The fourth-order valence-corrected chi connectivity index (χ4v) is 3.76. The van der Waals surface area contributed by atoms with Gasteiger partial charge in [0.05, 0.1) is 24.6 Å². The van der Waals surface area contributed by atoms with Crippen LogP contribution in [0.5, 0.6) is 0 Å². The van der Waals surface area contributed by atoms with Crippen LogP contribution in [0, 0.1) is 5.82 Å². The number of aromatic nitrogens is 2. The molecular formula is C20H19FN4OS. The third-order valence-electron chi connectivity index (χ3n) is 4.30. The van der Waals surface area contributed by atoms with Crippen molar-refractivity contribution in [3.8, 4) is 11.3 Å². The van der Waals surface area contributed by atoms with Gasteiger partial charge in [0.1, 0.15) is 5.82 Å². The van der Waals surface area contributed by atoms with Crippen LogP contribution in [0.15, 0.2) is 64.3 Å². The summed E-state index contributed by atoms with van der Waals surface area (Å²) in [6.45, 7) is 1.38. The van der Waals surface area contributed by atoms with Crippen molar-refractivity contribution < 1.29 is 9.13 Å². The van der Waals surface area contributed by atoms with Gasteiger partial charge in [-0.1, -0.05) is 18.2 Å². The van der Waals surface area contributed by atoms with E-state index in [9.17, 15) is 4.39 Å². The Labute approximate surface area is 160 Å². The van der Waals surface area contributed by atoms with Gasteiger partial charge in [-0.25, -0.2) is 9.07 Å². The summed E-state index contributed by atoms with van der Waals surface area (Å²) in [4.78, 5) is 9.49. The quantitative estimate of drug-likeness (QED) is 0.632. The van der Waals surface area contributed by atoms with Gasteiger partial charge in [-0.2, -0.15) is 5.10 Å². The zero-order chi connectivity index (χ0) is 18.5. The van der Waals surface area contributed by atoms with E-state index in [4.69, 9.17) is 4.74 Å². The van der Waals surface area contributed by atoms with Crippen molar-refractivity contribution in [2.24, 2.45) is 10.1 Å². The van der Waals surface area contributed by atoms with E-state index in [0.29, 0.717) is 22.6 Å². The van der Waals surface area contributed by atoms with Crippen LogP contribution in [0.3, 0.4) is 0 Å². The highest BCUT2D eigenvalue weighted by Gasteiger charge is 2.15. The summed E-state index contributed by atoms with van der Waals surface area (Å²) >= 11 is 1.44. The van der Waals surface area contributed by atoms with Crippen molar-refractivity contribution >= 4 is 17.6 Å². The fourth-order valence-electron chi connectivity index (χ4n) is 2.92. The molecule has 1 aliphatic heterocycles. The molecule has 138 valence electrons. The summed E-state index contributed by atoms with van der Waals surface area (Å²) in [7, 11) is 0. The molecule has 3 aromatic rings. The van der Waals surface area contributed by atoms with E-state index >= 15 is 0 Å². The topological polar surface area (TPSA) is 51.8 Å². The van der Waals surface area contributed by atoms with Crippen molar-refractivity contribution in [2.75, 3.05) is 13.2 Å². The Kier molecular flexibility index (Phi) is 5.50. The second-order valence-electron chi connectivity index (χ2n) is 6.20. The molecule has 0 amide bonds. The number of benzene rings is 1. The maximum absolute atomic E-state index is 14.3. The molecule has 7 heteroatoms. The predicted octanol–water partition coefficient (Wildman–Crippen LogP) is 3.71. The molecule has 0 aliphatic carbocycles. The number of pyridine rings is 1. The molecule has 1 fully saturated rings. The molecule has 5 nitrogen and oxygen atoms in total. The monoisotopic (exact) mass is 382 g/mol. The summed E-state index contributed by atoms with van der Waals surface area (Å²) in [5, 5.41) is 6.44. The Morgan fingerprint density at radius 1 is 1.30 bits per heavy atom. The molecule has 1 saturated heterocycles. The molecule has 0 N–H and O–H groups in total. The average Bonchev–Trinajstić information content (AvgIpc) is 3.36. The molecule has 27 heavy (non-hydrogen) atoms. The first-order chi connectivity index (χ1) is 13.3. The van der Waals surface area contributed by atoms with Gasteiger partial charge in [-0.3, -0.25) is 9.98 Å². The average molecular weight is 382 g/mol. The molecule has 1 atom stereocenters. The van der Waals surface area contributed by atoms with Crippen LogP contribution in [0.2, 0.25) is 0 Å². The third kappa shape index (κ3) is 4.20. The Morgan fingerprint density at radius 2 is 2.22 bits per heavy atom. The van der Waals surface area contributed by atoms with Gasteiger partial charge in [0.2, 0.25) is 4.80 Å². The highest BCUT2D eigenvalue weighted by molar-refractivity contribution is 7.07. The molecule has 1 aliphatic rings. The normalized spacial score (nSPS) is 17.8. The summed E-state index contributed by atoms with van der Waals surface area (Å²) in [5.41, 5.74) is 2.03. The minimum atomic E-state index is -0.286. The van der Waals surface area contributed by atoms with E-state index < -0.39 is 0 Å². The number of hydrogen-bond acceptors (Lipinski definition) is 5. The maximum Gasteiger partial charge on any atom is 0.206 e. The van der Waals surface area contributed by atoms with Crippen LogP contribution < -0.4 is 4.80 Å². The zero-order valence-corrected chi connectivity index (χ0v) is 15.5. The largest absolute Gasteiger partial charge is 0.376 e. The number of thiazole rings is 1. The highest BCUT2D eigenvalue weighted by atomic mass is 32.1. The summed E-state index contributed by atoms with van der Waals surface area (Å²) in [6, 6.07) is 10.4. The minimum absolute atomic E-state index is 0.153. The number of hydrogen-bond donors (Lipinski definition) is 0. The van der Waals surface area contributed by atoms with Crippen LogP contribution in [0.1, 0.15) is 18.4 Å². The zero-order valence-electron chi connectivity index (χ0n) is 14.7. The first-order valence-corrected chi connectivity index (χ1v) is 9.71. The molecule has 0 bridgehead atoms. The molecule has 0 saturated carbocycles. The van der Waals surface area contributed by atoms with Crippen LogP contribution in [-0.4, -0.2) is 35.1 Å². The Balaban J connectivity index is 1.74. The van der Waals surface area contributed by atoms with Crippen molar-refractivity contribution in [3.05, 3.63) is 70.4 Å². The first-order valence-electron chi connectivity index (χ1n) is 8.83. The Hall–Kier alpha value is -2.64. The smallest absolute Gasteiger partial charge is 0.206 e. The Bertz CT molecular complexity index is 990. The number of rotatable bonds is 5. The predicted molar refractivity (Wildman–Crippen MR) is 104 cm³/mol. The fraction of sp³-hybridized carbons (Fsp3) is 0.250. The second-order valence-corrected chi connectivity index (χ2v) is 7.04. The van der Waals surface area contributed by atoms with Crippen LogP contribution >= 0.6 is 11.3 Å². The van der Waals surface area contributed by atoms with Gasteiger partial charge in [0.15, 0.2) is 0 Å². The number of nitrogens with zero attached hydrogens (tertiary/aromatic N) is 4. The van der Waals surface area contributed by atoms with E-state index in [1.54, 1.807) is 35.4 Å². The van der Waals surface area contributed by atoms with Gasteiger partial charge in [0, 0.05) is 35.5 Å². The number of halogens is 1. The van der Waals surface area contributed by atoms with E-state index in [2.05, 4.69) is 15.1 Å². The lowest BCUT2D eigenvalue weighted by Crippen LogP contribution is -2.17. The highest BCUT2D eigenvalue weighted by Crippen LogP contribution is 2.23. The Morgan fingerprint density at radius 3 is 3.00 bits per heavy atom. The second kappa shape index (κ2) is 8.37. The lowest BCUT2D eigenvalue weighted by atomic mass is 10.1. The standard InChI is InChI=1S/C20H19FN4OS/c21-18-8-2-1-7-17(18)19-14-27-20(23-13-16-6-4-10-26-16)25(19)24-12-15-5-3-9-22-11-15/h1-3,5,7-9,11-12,14,16H,4,6,10,13H2/b23-20?,24-12+. The molecule has 0 spiro atoms. The first kappa shape index (κ1) is 17.8. The minimum Gasteiger partial charge on any atom is -0.376 e. The summed E-state index contributed by atoms with van der Waals surface area (Å²) < 4.78 is 21.7. The molecule has 3 heterocycles. The summed E-state index contributed by atoms with van der Waals surface area (Å²) in [6.07, 6.45) is 7.39. The van der Waals surface area contributed by atoms with E-state index in [1.165, 1.54) is 17.4 Å². The van der Waals surface area contributed by atoms with Crippen molar-refractivity contribution in [1.29, 1.82) is 0 Å².